The van der Waals surface area contributed by atoms with Crippen LogP contribution in [0.4, 0.5) is 3.89 Å². The number of H-pyrrole nitrogens is 1. The molecule has 198 valence electrons. The van der Waals surface area contributed by atoms with Crippen molar-refractivity contribution in [3.8, 4) is 29.2 Å². The summed E-state index contributed by atoms with van der Waals surface area (Å²) < 4.78 is 42.2. The lowest BCUT2D eigenvalue weighted by Gasteiger charge is -2.27. The lowest BCUT2D eigenvalue weighted by molar-refractivity contribution is 0.365. The maximum atomic E-state index is 14.1. The summed E-state index contributed by atoms with van der Waals surface area (Å²) >= 11 is 0. The quantitative estimate of drug-likeness (QED) is 0.193. The third-order valence-corrected chi connectivity index (χ3v) is 8.19. The fourth-order valence-electron chi connectivity index (χ4n) is 6.06. The SMILES string of the molecule is C#Cc1ccc2c(c1)[nH]c1c2c(=O)c2cc(CC)c(-c3cccc(OS(=O)(=O)F)c3)cc2n1C1CCCCC1. The second kappa shape index (κ2) is 9.58. The maximum Gasteiger partial charge on any atom is 0.488 e. The van der Waals surface area contributed by atoms with Gasteiger partial charge in [-0.15, -0.1) is 6.42 Å². The van der Waals surface area contributed by atoms with Crippen LogP contribution in [-0.4, -0.2) is 18.0 Å². The van der Waals surface area contributed by atoms with Crippen molar-refractivity contribution in [3.63, 3.8) is 0 Å². The first-order valence-corrected chi connectivity index (χ1v) is 14.5. The van der Waals surface area contributed by atoms with Gasteiger partial charge in [0, 0.05) is 27.9 Å². The number of fused-ring (bicyclic) bond motifs is 4. The number of nitrogens with one attached hydrogen (secondary N) is 1. The van der Waals surface area contributed by atoms with Gasteiger partial charge in [0.25, 0.3) is 0 Å². The molecule has 6 nitrogen and oxygen atoms in total. The second-order valence-electron chi connectivity index (χ2n) is 10.1. The molecule has 1 aliphatic rings. The average Bonchev–Trinajstić information content (AvgIpc) is 3.31. The highest BCUT2D eigenvalue weighted by atomic mass is 32.3. The number of hydrogen-bond acceptors (Lipinski definition) is 4. The predicted molar refractivity (Wildman–Crippen MR) is 153 cm³/mol. The van der Waals surface area contributed by atoms with Gasteiger partial charge in [0.15, 0.2) is 5.43 Å². The van der Waals surface area contributed by atoms with E-state index in [1.807, 2.05) is 43.3 Å². The number of nitrogens with zero attached hydrogens (tertiary/aromatic N) is 1. The van der Waals surface area contributed by atoms with Gasteiger partial charge in [-0.1, -0.05) is 54.2 Å². The smallest absolute Gasteiger partial charge is 0.358 e. The topological polar surface area (TPSA) is 81.2 Å². The number of aromatic amines is 1. The van der Waals surface area contributed by atoms with E-state index in [0.29, 0.717) is 22.8 Å². The Labute approximate surface area is 225 Å². The molecular weight excluding hydrogens is 515 g/mol. The van der Waals surface area contributed by atoms with Gasteiger partial charge < -0.3 is 13.7 Å². The second-order valence-corrected chi connectivity index (χ2v) is 11.1. The first-order chi connectivity index (χ1) is 18.8. The molecule has 0 aliphatic heterocycles. The zero-order valence-electron chi connectivity index (χ0n) is 21.5. The van der Waals surface area contributed by atoms with Crippen LogP contribution in [0.25, 0.3) is 44.0 Å². The normalized spacial score (nSPS) is 14.7. The van der Waals surface area contributed by atoms with Crippen LogP contribution >= 0.6 is 0 Å². The van der Waals surface area contributed by atoms with E-state index in [0.717, 1.165) is 64.4 Å². The maximum absolute atomic E-state index is 14.1. The minimum atomic E-state index is -5.16. The molecule has 0 spiro atoms. The summed E-state index contributed by atoms with van der Waals surface area (Å²) in [7, 11) is -5.16. The summed E-state index contributed by atoms with van der Waals surface area (Å²) in [5.74, 6) is 2.56. The van der Waals surface area contributed by atoms with E-state index in [9.17, 15) is 17.1 Å². The Bertz CT molecular complexity index is 1980. The van der Waals surface area contributed by atoms with Gasteiger partial charge in [-0.05, 0) is 72.4 Å². The van der Waals surface area contributed by atoms with Crippen molar-refractivity contribution in [3.05, 3.63) is 75.9 Å². The summed E-state index contributed by atoms with van der Waals surface area (Å²) in [6, 6.07) is 16.2. The van der Waals surface area contributed by atoms with E-state index in [1.54, 1.807) is 6.07 Å². The van der Waals surface area contributed by atoms with Crippen molar-refractivity contribution in [2.45, 2.75) is 51.5 Å². The summed E-state index contributed by atoms with van der Waals surface area (Å²) in [4.78, 5) is 17.6. The van der Waals surface area contributed by atoms with Crippen molar-refractivity contribution in [2.75, 3.05) is 0 Å². The number of hydrogen-bond donors (Lipinski definition) is 1. The minimum Gasteiger partial charge on any atom is -0.358 e. The van der Waals surface area contributed by atoms with Crippen LogP contribution in [0.15, 0.2) is 59.4 Å². The highest BCUT2D eigenvalue weighted by molar-refractivity contribution is 7.81. The Morgan fingerprint density at radius 1 is 1.08 bits per heavy atom. The summed E-state index contributed by atoms with van der Waals surface area (Å²) in [5.41, 5.74) is 5.53. The molecule has 1 aliphatic carbocycles. The molecule has 5 aromatic rings. The molecule has 0 atom stereocenters. The highest BCUT2D eigenvalue weighted by Gasteiger charge is 2.24. The van der Waals surface area contributed by atoms with Gasteiger partial charge in [0.2, 0.25) is 0 Å². The Morgan fingerprint density at radius 3 is 2.59 bits per heavy atom. The molecule has 8 heteroatoms. The van der Waals surface area contributed by atoms with Crippen LogP contribution in [0.5, 0.6) is 5.75 Å². The first-order valence-electron chi connectivity index (χ1n) is 13.1. The Balaban J connectivity index is 1.69. The fraction of sp³-hybridized carbons (Fsp3) is 0.258. The van der Waals surface area contributed by atoms with E-state index < -0.39 is 10.5 Å². The molecule has 1 N–H and O–H groups in total. The number of rotatable bonds is 5. The van der Waals surface area contributed by atoms with Gasteiger partial charge >= 0.3 is 10.5 Å². The van der Waals surface area contributed by atoms with Crippen LogP contribution in [0.3, 0.4) is 0 Å². The summed E-state index contributed by atoms with van der Waals surface area (Å²) in [6.45, 7) is 2.00. The molecule has 3 aromatic carbocycles. The molecule has 1 fully saturated rings. The van der Waals surface area contributed by atoms with Crippen molar-refractivity contribution in [1.29, 1.82) is 0 Å². The molecule has 0 saturated heterocycles. The molecule has 0 amide bonds. The molecule has 0 bridgehead atoms. The monoisotopic (exact) mass is 542 g/mol. The number of benzene rings is 3. The van der Waals surface area contributed by atoms with Crippen LogP contribution in [0, 0.1) is 12.3 Å². The molecule has 2 heterocycles. The molecule has 2 aromatic heterocycles. The third kappa shape index (κ3) is 4.47. The summed E-state index contributed by atoms with van der Waals surface area (Å²) in [5, 5.41) is 2.14. The van der Waals surface area contributed by atoms with Crippen molar-refractivity contribution < 1.29 is 16.5 Å². The van der Waals surface area contributed by atoms with Gasteiger partial charge in [0.05, 0.1) is 10.9 Å². The van der Waals surface area contributed by atoms with Crippen molar-refractivity contribution >= 4 is 43.3 Å². The zero-order valence-corrected chi connectivity index (χ0v) is 22.3. The molecule has 1 saturated carbocycles. The predicted octanol–water partition coefficient (Wildman–Crippen LogP) is 6.95. The molecule has 39 heavy (non-hydrogen) atoms. The number of halogens is 1. The lowest BCUT2D eigenvalue weighted by Crippen LogP contribution is -2.18. The number of aromatic nitrogens is 2. The molecular formula is C31H27FN2O4S. The Hall–Kier alpha value is -4.09. The van der Waals surface area contributed by atoms with Crippen LogP contribution < -0.4 is 9.61 Å². The zero-order chi connectivity index (χ0) is 27.3. The standard InChI is InChI=1S/C31H27FN2O4S/c1-3-19-13-14-24-27(15-19)33-31-29(24)30(35)26-17-20(4-2)25(18-28(26)34(31)22-10-6-5-7-11-22)21-9-8-12-23(16-21)38-39(32,36)37/h1,8-9,12-18,22,33H,4-7,10-11H2,2H3. The Kier molecular flexibility index (Phi) is 6.19. The number of aryl methyl sites for hydroxylation is 1. The van der Waals surface area contributed by atoms with Gasteiger partial charge in [-0.3, -0.25) is 4.79 Å². The van der Waals surface area contributed by atoms with Gasteiger partial charge in [0.1, 0.15) is 11.4 Å². The third-order valence-electron chi connectivity index (χ3n) is 7.80. The van der Waals surface area contributed by atoms with E-state index in [-0.39, 0.29) is 17.2 Å². The van der Waals surface area contributed by atoms with Crippen LogP contribution in [-0.2, 0) is 16.9 Å². The highest BCUT2D eigenvalue weighted by Crippen LogP contribution is 2.38. The molecule has 6 rings (SSSR count). The Morgan fingerprint density at radius 2 is 1.87 bits per heavy atom. The van der Waals surface area contributed by atoms with E-state index in [2.05, 4.69) is 19.7 Å². The van der Waals surface area contributed by atoms with Crippen molar-refractivity contribution in [1.82, 2.24) is 9.55 Å². The van der Waals surface area contributed by atoms with E-state index >= 15 is 0 Å². The summed E-state index contributed by atoms with van der Waals surface area (Å²) in [6.07, 6.45) is 11.7. The largest absolute Gasteiger partial charge is 0.488 e. The number of terminal acetylenes is 1. The first kappa shape index (κ1) is 25.2. The molecule has 0 radical (unpaired) electrons. The number of pyridine rings is 1. The van der Waals surface area contributed by atoms with Crippen molar-refractivity contribution in [2.24, 2.45) is 0 Å². The average molecular weight is 543 g/mol. The van der Waals surface area contributed by atoms with Gasteiger partial charge in [-0.2, -0.15) is 8.42 Å². The lowest BCUT2D eigenvalue weighted by atomic mass is 9.92. The van der Waals surface area contributed by atoms with Crippen LogP contribution in [0.2, 0.25) is 0 Å². The van der Waals surface area contributed by atoms with Crippen LogP contribution in [0.1, 0.15) is 56.2 Å². The van der Waals surface area contributed by atoms with E-state index in [4.69, 9.17) is 6.42 Å². The minimum absolute atomic E-state index is 0.0476. The molecule has 0 unspecified atom stereocenters. The van der Waals surface area contributed by atoms with E-state index in [1.165, 1.54) is 18.6 Å². The van der Waals surface area contributed by atoms with Gasteiger partial charge in [-0.25, -0.2) is 0 Å². The fourth-order valence-corrected chi connectivity index (χ4v) is 6.40.